The number of fused-ring (bicyclic) bond motifs is 1. The summed E-state index contributed by atoms with van der Waals surface area (Å²) in [6.45, 7) is 0. The number of benzene rings is 2. The summed E-state index contributed by atoms with van der Waals surface area (Å²) in [5.41, 5.74) is 2.62. The molecule has 0 aliphatic rings. The average molecular weight is 251 g/mol. The molecule has 1 aromatic heterocycles. The Kier molecular flexibility index (Phi) is 2.76. The lowest BCUT2D eigenvalue weighted by Gasteiger charge is -1.98. The predicted octanol–water partition coefficient (Wildman–Crippen LogP) is 3.03. The summed E-state index contributed by atoms with van der Waals surface area (Å²) in [7, 11) is 1.92. The zero-order valence-electron chi connectivity index (χ0n) is 10.5. The monoisotopic (exact) mass is 251 g/mol. The Balaban J connectivity index is 2.02. The van der Waals surface area contributed by atoms with Gasteiger partial charge in [-0.3, -0.25) is 0 Å². The molecule has 0 aliphatic carbocycles. The van der Waals surface area contributed by atoms with Gasteiger partial charge in [-0.2, -0.15) is 0 Å². The maximum atomic E-state index is 9.68. The molecular weight excluding hydrogens is 238 g/mol. The molecule has 0 amide bonds. The van der Waals surface area contributed by atoms with E-state index >= 15 is 0 Å². The minimum atomic E-state index is 0.213. The number of hydrogen-bond acceptors (Lipinski definition) is 3. The van der Waals surface area contributed by atoms with Crippen LogP contribution < -0.4 is 0 Å². The maximum Gasteiger partial charge on any atom is 0.230 e. The minimum Gasteiger partial charge on any atom is -0.507 e. The van der Waals surface area contributed by atoms with Crippen molar-refractivity contribution >= 4 is 23.2 Å². The molecule has 0 atom stereocenters. The highest BCUT2D eigenvalue weighted by Gasteiger charge is 2.05. The summed E-state index contributed by atoms with van der Waals surface area (Å²) in [5.74, 6) is 0.828. The summed E-state index contributed by atoms with van der Waals surface area (Å²) in [6, 6.07) is 15.0. The number of imidazole rings is 1. The van der Waals surface area contributed by atoms with Crippen molar-refractivity contribution in [2.75, 3.05) is 0 Å². The summed E-state index contributed by atoms with van der Waals surface area (Å²) >= 11 is 0. The molecule has 0 aliphatic heterocycles. The fraction of sp³-hybridized carbons (Fsp3) is 0.0667. The van der Waals surface area contributed by atoms with E-state index in [4.69, 9.17) is 0 Å². The van der Waals surface area contributed by atoms with Crippen molar-refractivity contribution in [1.29, 1.82) is 0 Å². The number of nitrogens with zero attached hydrogens (tertiary/aromatic N) is 3. The van der Waals surface area contributed by atoms with Crippen LogP contribution in [0, 0.1) is 0 Å². The van der Waals surface area contributed by atoms with Crippen molar-refractivity contribution in [3.05, 3.63) is 54.1 Å². The van der Waals surface area contributed by atoms with Gasteiger partial charge in [0.25, 0.3) is 0 Å². The van der Waals surface area contributed by atoms with Gasteiger partial charge in [0.1, 0.15) is 5.75 Å². The number of aromatic hydroxyl groups is 1. The van der Waals surface area contributed by atoms with Gasteiger partial charge in [0, 0.05) is 18.8 Å². The van der Waals surface area contributed by atoms with E-state index in [0.29, 0.717) is 11.5 Å². The second-order valence-corrected chi connectivity index (χ2v) is 4.28. The first-order valence-electron chi connectivity index (χ1n) is 5.99. The van der Waals surface area contributed by atoms with Gasteiger partial charge in [-0.05, 0) is 24.3 Å². The molecule has 4 heteroatoms. The van der Waals surface area contributed by atoms with Gasteiger partial charge in [0.15, 0.2) is 0 Å². The molecule has 3 rings (SSSR count). The molecule has 0 saturated carbocycles. The Morgan fingerprint density at radius 3 is 2.63 bits per heavy atom. The molecule has 94 valence electrons. The molecule has 0 fully saturated rings. The second-order valence-electron chi connectivity index (χ2n) is 4.28. The van der Waals surface area contributed by atoms with Crippen LogP contribution in [0.3, 0.4) is 0 Å². The van der Waals surface area contributed by atoms with Crippen molar-refractivity contribution in [3.8, 4) is 5.75 Å². The Morgan fingerprint density at radius 1 is 1.11 bits per heavy atom. The van der Waals surface area contributed by atoms with E-state index in [9.17, 15) is 5.11 Å². The van der Waals surface area contributed by atoms with Gasteiger partial charge in [-0.25, -0.2) is 9.98 Å². The third-order valence-electron chi connectivity index (χ3n) is 3.02. The predicted molar refractivity (Wildman–Crippen MR) is 76.1 cm³/mol. The highest BCUT2D eigenvalue weighted by molar-refractivity contribution is 5.86. The van der Waals surface area contributed by atoms with Gasteiger partial charge < -0.3 is 9.67 Å². The quantitative estimate of drug-likeness (QED) is 0.712. The third kappa shape index (κ3) is 2.08. The summed E-state index contributed by atoms with van der Waals surface area (Å²) in [6.07, 6.45) is 1.62. The van der Waals surface area contributed by atoms with Crippen LogP contribution in [0.1, 0.15) is 5.56 Å². The smallest absolute Gasteiger partial charge is 0.230 e. The van der Waals surface area contributed by atoms with Crippen LogP contribution in [0.4, 0.5) is 5.95 Å². The number of aromatic nitrogens is 2. The highest BCUT2D eigenvalue weighted by Crippen LogP contribution is 2.20. The van der Waals surface area contributed by atoms with Crippen molar-refractivity contribution in [2.24, 2.45) is 12.0 Å². The second kappa shape index (κ2) is 4.57. The fourth-order valence-electron chi connectivity index (χ4n) is 1.97. The van der Waals surface area contributed by atoms with Gasteiger partial charge in [-0.15, -0.1) is 0 Å². The standard InChI is InChI=1S/C15H13N3O/c1-18-13-8-4-3-7-12(13)17-15(18)16-10-11-6-2-5-9-14(11)19/h2-10,19H,1H3/b16-10+. The molecule has 4 nitrogen and oxygen atoms in total. The largest absolute Gasteiger partial charge is 0.507 e. The maximum absolute atomic E-state index is 9.68. The Labute approximate surface area is 110 Å². The number of rotatable bonds is 2. The third-order valence-corrected chi connectivity index (χ3v) is 3.02. The molecule has 0 radical (unpaired) electrons. The Hall–Kier alpha value is -2.62. The molecule has 2 aromatic carbocycles. The van der Waals surface area contributed by atoms with Crippen LogP contribution >= 0.6 is 0 Å². The summed E-state index contributed by atoms with van der Waals surface area (Å²) in [5, 5.41) is 9.68. The van der Waals surface area contributed by atoms with E-state index < -0.39 is 0 Å². The zero-order valence-corrected chi connectivity index (χ0v) is 10.5. The van der Waals surface area contributed by atoms with E-state index in [0.717, 1.165) is 11.0 Å². The Morgan fingerprint density at radius 2 is 1.84 bits per heavy atom. The average Bonchev–Trinajstić information content (AvgIpc) is 2.75. The van der Waals surface area contributed by atoms with E-state index in [1.165, 1.54) is 0 Å². The normalized spacial score (nSPS) is 11.4. The van der Waals surface area contributed by atoms with Crippen molar-refractivity contribution in [3.63, 3.8) is 0 Å². The first-order chi connectivity index (χ1) is 9.25. The highest BCUT2D eigenvalue weighted by atomic mass is 16.3. The van der Waals surface area contributed by atoms with E-state index in [-0.39, 0.29) is 5.75 Å². The van der Waals surface area contributed by atoms with Gasteiger partial charge in [-0.1, -0.05) is 24.3 Å². The van der Waals surface area contributed by atoms with Crippen LogP contribution in [0.15, 0.2) is 53.5 Å². The molecule has 0 bridgehead atoms. The van der Waals surface area contributed by atoms with Crippen LogP contribution in [-0.2, 0) is 7.05 Å². The molecule has 1 N–H and O–H groups in total. The lowest BCUT2D eigenvalue weighted by atomic mass is 10.2. The lowest BCUT2D eigenvalue weighted by molar-refractivity contribution is 0.474. The number of aliphatic imine (C=N–C) groups is 1. The van der Waals surface area contributed by atoms with Gasteiger partial charge >= 0.3 is 0 Å². The number of hydrogen-bond donors (Lipinski definition) is 1. The first-order valence-corrected chi connectivity index (χ1v) is 5.99. The molecule has 0 saturated heterocycles. The summed E-state index contributed by atoms with van der Waals surface area (Å²) < 4.78 is 1.92. The molecule has 1 heterocycles. The number of aryl methyl sites for hydroxylation is 1. The van der Waals surface area contributed by atoms with E-state index in [1.54, 1.807) is 18.3 Å². The topological polar surface area (TPSA) is 50.4 Å². The van der Waals surface area contributed by atoms with Crippen molar-refractivity contribution in [1.82, 2.24) is 9.55 Å². The molecule has 0 spiro atoms. The van der Waals surface area contributed by atoms with Gasteiger partial charge in [0.2, 0.25) is 5.95 Å². The SMILES string of the molecule is Cn1c(/N=C/c2ccccc2O)nc2ccccc21. The van der Waals surface area contributed by atoms with E-state index in [2.05, 4.69) is 9.98 Å². The van der Waals surface area contributed by atoms with Crippen LogP contribution in [0.5, 0.6) is 5.75 Å². The van der Waals surface area contributed by atoms with Crippen LogP contribution in [0.2, 0.25) is 0 Å². The van der Waals surface area contributed by atoms with Crippen LogP contribution in [0.25, 0.3) is 11.0 Å². The molecule has 19 heavy (non-hydrogen) atoms. The summed E-state index contributed by atoms with van der Waals surface area (Å²) in [4.78, 5) is 8.78. The van der Waals surface area contributed by atoms with Crippen molar-refractivity contribution in [2.45, 2.75) is 0 Å². The van der Waals surface area contributed by atoms with Crippen molar-refractivity contribution < 1.29 is 5.11 Å². The molecule has 0 unspecified atom stereocenters. The van der Waals surface area contributed by atoms with Crippen LogP contribution in [-0.4, -0.2) is 20.9 Å². The molecule has 3 aromatic rings. The lowest BCUT2D eigenvalue weighted by Crippen LogP contribution is -1.87. The fourth-order valence-corrected chi connectivity index (χ4v) is 1.97. The number of para-hydroxylation sites is 3. The van der Waals surface area contributed by atoms with Gasteiger partial charge in [0.05, 0.1) is 11.0 Å². The number of phenolic OH excluding ortho intramolecular Hbond substituents is 1. The first kappa shape index (κ1) is 11.5. The number of phenols is 1. The minimum absolute atomic E-state index is 0.213. The molecular formula is C15H13N3O. The Bertz CT molecular complexity index is 759. The zero-order chi connectivity index (χ0) is 13.2. The van der Waals surface area contributed by atoms with E-state index in [1.807, 2.05) is 48.0 Å².